The fourth-order valence-corrected chi connectivity index (χ4v) is 2.87. The van der Waals surface area contributed by atoms with E-state index in [2.05, 4.69) is 31.2 Å². The molecule has 0 aliphatic rings. The Hall–Kier alpha value is -0.860. The lowest BCUT2D eigenvalue weighted by Gasteiger charge is -2.09. The second-order valence-electron chi connectivity index (χ2n) is 3.44. The van der Waals surface area contributed by atoms with Crippen LogP contribution in [0.3, 0.4) is 0 Å². The number of hydrogen-bond acceptors (Lipinski definition) is 4. The molecule has 2 heterocycles. The molecule has 9 heteroatoms. The van der Waals surface area contributed by atoms with Gasteiger partial charge in [0.15, 0.2) is 0 Å². The lowest BCUT2D eigenvalue weighted by Crippen LogP contribution is -2.13. The second kappa shape index (κ2) is 5.64. The summed E-state index contributed by atoms with van der Waals surface area (Å²) in [5.41, 5.74) is 0. The van der Waals surface area contributed by atoms with Crippen molar-refractivity contribution in [2.24, 2.45) is 0 Å². The van der Waals surface area contributed by atoms with Gasteiger partial charge in [-0.15, -0.1) is 11.3 Å². The third kappa shape index (κ3) is 3.80. The molecule has 0 atom stereocenters. The van der Waals surface area contributed by atoms with Crippen molar-refractivity contribution in [3.63, 3.8) is 0 Å². The zero-order valence-electron chi connectivity index (χ0n) is 9.13. The molecular weight excluding hydrogens is 367 g/mol. The van der Waals surface area contributed by atoms with E-state index in [1.165, 1.54) is 17.4 Å². The van der Waals surface area contributed by atoms with Gasteiger partial charge in [0.2, 0.25) is 5.82 Å². The molecule has 0 saturated heterocycles. The largest absolute Gasteiger partial charge is 0.451 e. The van der Waals surface area contributed by atoms with Crippen molar-refractivity contribution in [3.8, 4) is 0 Å². The van der Waals surface area contributed by atoms with Crippen LogP contribution in [0.1, 0.15) is 10.7 Å². The first kappa shape index (κ1) is 14.5. The van der Waals surface area contributed by atoms with Crippen LogP contribution in [-0.4, -0.2) is 9.97 Å². The van der Waals surface area contributed by atoms with Crippen molar-refractivity contribution < 1.29 is 13.2 Å². The SMILES string of the molecule is FC(F)(F)c1nc(Cl)cc(NCc2sccc2Br)n1. The van der Waals surface area contributed by atoms with Crippen LogP contribution in [0.25, 0.3) is 0 Å². The molecule has 0 radical (unpaired) electrons. The van der Waals surface area contributed by atoms with Gasteiger partial charge in [0.1, 0.15) is 11.0 Å². The normalized spacial score (nSPS) is 11.6. The predicted molar refractivity (Wildman–Crippen MR) is 71.4 cm³/mol. The first-order valence-corrected chi connectivity index (χ1v) is 6.99. The summed E-state index contributed by atoms with van der Waals surface area (Å²) in [6.07, 6.45) is -4.62. The number of aromatic nitrogens is 2. The maximum Gasteiger partial charge on any atom is 0.451 e. The molecule has 2 aromatic heterocycles. The lowest BCUT2D eigenvalue weighted by atomic mass is 10.4. The Kier molecular flexibility index (Phi) is 4.32. The van der Waals surface area contributed by atoms with Gasteiger partial charge in [0, 0.05) is 15.4 Å². The molecule has 0 bridgehead atoms. The lowest BCUT2D eigenvalue weighted by molar-refractivity contribution is -0.144. The minimum Gasteiger partial charge on any atom is -0.365 e. The van der Waals surface area contributed by atoms with E-state index in [0.717, 1.165) is 9.35 Å². The quantitative estimate of drug-likeness (QED) is 0.801. The Morgan fingerprint density at radius 2 is 2.11 bits per heavy atom. The summed E-state index contributed by atoms with van der Waals surface area (Å²) in [5.74, 6) is -1.22. The van der Waals surface area contributed by atoms with Crippen molar-refractivity contribution in [2.45, 2.75) is 12.7 Å². The second-order valence-corrected chi connectivity index (χ2v) is 5.68. The number of nitrogens with one attached hydrogen (secondary N) is 1. The third-order valence-corrected chi connectivity index (χ3v) is 4.19. The van der Waals surface area contributed by atoms with Crippen molar-refractivity contribution >= 4 is 44.7 Å². The minimum atomic E-state index is -4.62. The highest BCUT2D eigenvalue weighted by molar-refractivity contribution is 9.10. The first-order valence-electron chi connectivity index (χ1n) is 4.94. The van der Waals surface area contributed by atoms with E-state index in [4.69, 9.17) is 11.6 Å². The summed E-state index contributed by atoms with van der Waals surface area (Å²) >= 11 is 10.4. The highest BCUT2D eigenvalue weighted by Crippen LogP contribution is 2.29. The van der Waals surface area contributed by atoms with Gasteiger partial charge in [-0.1, -0.05) is 11.6 Å². The first-order chi connectivity index (χ1) is 8.86. The molecule has 0 saturated carbocycles. The molecule has 2 rings (SSSR count). The van der Waals surface area contributed by atoms with Gasteiger partial charge in [-0.25, -0.2) is 9.97 Å². The fraction of sp³-hybridized carbons (Fsp3) is 0.200. The molecular formula is C10H6BrClF3N3S. The number of anilines is 1. The fourth-order valence-electron chi connectivity index (χ4n) is 1.26. The molecule has 0 aromatic carbocycles. The average molecular weight is 373 g/mol. The zero-order valence-corrected chi connectivity index (χ0v) is 12.3. The molecule has 3 nitrogen and oxygen atoms in total. The van der Waals surface area contributed by atoms with Crippen LogP contribution in [0.5, 0.6) is 0 Å². The monoisotopic (exact) mass is 371 g/mol. The van der Waals surface area contributed by atoms with Gasteiger partial charge in [0.25, 0.3) is 0 Å². The Balaban J connectivity index is 2.17. The molecule has 0 aliphatic heterocycles. The molecule has 0 amide bonds. The maximum atomic E-state index is 12.5. The topological polar surface area (TPSA) is 37.8 Å². The molecule has 19 heavy (non-hydrogen) atoms. The average Bonchev–Trinajstić information content (AvgIpc) is 2.70. The Morgan fingerprint density at radius 1 is 1.37 bits per heavy atom. The van der Waals surface area contributed by atoms with Gasteiger partial charge in [-0.3, -0.25) is 0 Å². The third-order valence-electron chi connectivity index (χ3n) is 2.07. The Bertz CT molecular complexity index is 588. The van der Waals surface area contributed by atoms with Crippen molar-refractivity contribution in [2.75, 3.05) is 5.32 Å². The molecule has 0 fully saturated rings. The maximum absolute atomic E-state index is 12.5. The molecule has 1 N–H and O–H groups in total. The van der Waals surface area contributed by atoms with Crippen molar-refractivity contribution in [1.29, 1.82) is 0 Å². The highest BCUT2D eigenvalue weighted by Gasteiger charge is 2.35. The predicted octanol–water partition coefficient (Wildman–Crippen LogP) is 4.58. The standard InChI is InChI=1S/C10H6BrClF3N3S/c11-5-1-2-19-6(5)4-16-8-3-7(12)17-9(18-8)10(13,14)15/h1-3H,4H2,(H,16,17,18). The molecule has 2 aromatic rings. The summed E-state index contributed by atoms with van der Waals surface area (Å²) < 4.78 is 38.4. The number of hydrogen-bond donors (Lipinski definition) is 1. The van der Waals surface area contributed by atoms with Gasteiger partial charge in [0.05, 0.1) is 6.54 Å². The number of nitrogens with zero attached hydrogens (tertiary/aromatic N) is 2. The van der Waals surface area contributed by atoms with Gasteiger partial charge in [-0.2, -0.15) is 13.2 Å². The van der Waals surface area contributed by atoms with Gasteiger partial charge >= 0.3 is 6.18 Å². The Morgan fingerprint density at radius 3 is 2.68 bits per heavy atom. The number of halogens is 5. The molecule has 0 spiro atoms. The van der Waals surface area contributed by atoms with Crippen LogP contribution >= 0.6 is 38.9 Å². The Labute approximate surface area is 124 Å². The van der Waals surface area contributed by atoms with Crippen LogP contribution in [0, 0.1) is 0 Å². The van der Waals surface area contributed by atoms with Crippen LogP contribution in [0.4, 0.5) is 19.0 Å². The van der Waals surface area contributed by atoms with E-state index < -0.39 is 12.0 Å². The molecule has 102 valence electrons. The van der Waals surface area contributed by atoms with Gasteiger partial charge < -0.3 is 5.32 Å². The van der Waals surface area contributed by atoms with Crippen LogP contribution < -0.4 is 5.32 Å². The van der Waals surface area contributed by atoms with Gasteiger partial charge in [-0.05, 0) is 27.4 Å². The van der Waals surface area contributed by atoms with E-state index in [1.807, 2.05) is 11.4 Å². The van der Waals surface area contributed by atoms with E-state index in [-0.39, 0.29) is 11.0 Å². The number of rotatable bonds is 3. The van der Waals surface area contributed by atoms with E-state index in [9.17, 15) is 13.2 Å². The smallest absolute Gasteiger partial charge is 0.365 e. The van der Waals surface area contributed by atoms with Crippen LogP contribution in [0.15, 0.2) is 22.0 Å². The van der Waals surface area contributed by atoms with E-state index >= 15 is 0 Å². The summed E-state index contributed by atoms with van der Waals surface area (Å²) in [6.45, 7) is 0.350. The summed E-state index contributed by atoms with van der Waals surface area (Å²) in [7, 11) is 0. The highest BCUT2D eigenvalue weighted by atomic mass is 79.9. The summed E-state index contributed by atoms with van der Waals surface area (Å²) in [5, 5.41) is 4.40. The summed E-state index contributed by atoms with van der Waals surface area (Å²) in [6, 6.07) is 3.11. The number of alkyl halides is 3. The molecule has 0 unspecified atom stereocenters. The number of thiophene rings is 1. The van der Waals surface area contributed by atoms with E-state index in [1.54, 1.807) is 0 Å². The van der Waals surface area contributed by atoms with Crippen molar-refractivity contribution in [3.05, 3.63) is 37.8 Å². The van der Waals surface area contributed by atoms with E-state index in [0.29, 0.717) is 6.54 Å². The molecule has 0 aliphatic carbocycles. The van der Waals surface area contributed by atoms with Crippen LogP contribution in [-0.2, 0) is 12.7 Å². The van der Waals surface area contributed by atoms with Crippen LogP contribution in [0.2, 0.25) is 5.15 Å². The van der Waals surface area contributed by atoms with Crippen molar-refractivity contribution in [1.82, 2.24) is 9.97 Å². The summed E-state index contributed by atoms with van der Waals surface area (Å²) in [4.78, 5) is 7.49. The zero-order chi connectivity index (χ0) is 14.0. The minimum absolute atomic E-state index is 0.0348.